The van der Waals surface area contributed by atoms with Crippen LogP contribution in [-0.2, 0) is 11.8 Å². The van der Waals surface area contributed by atoms with Gasteiger partial charge in [-0.15, -0.1) is 0 Å². The highest BCUT2D eigenvalue weighted by Gasteiger charge is 2.28. The molecule has 0 saturated heterocycles. The Bertz CT molecular complexity index is 575. The lowest BCUT2D eigenvalue weighted by atomic mass is 10.4. The topological polar surface area (TPSA) is 21.1 Å². The molecule has 0 saturated carbocycles. The van der Waals surface area contributed by atoms with E-state index in [9.17, 15) is 0 Å². The molecule has 0 amide bonds. The summed E-state index contributed by atoms with van der Waals surface area (Å²) in [5.74, 6) is 0.985. The van der Waals surface area contributed by atoms with Crippen molar-refractivity contribution in [3.05, 3.63) is 48.5 Å². The summed E-state index contributed by atoms with van der Waals surface area (Å²) in [6.45, 7) is 8.24. The predicted molar refractivity (Wildman–Crippen MR) is 85.6 cm³/mol. The summed E-state index contributed by atoms with van der Waals surface area (Å²) < 4.78 is 4.57. The quantitative estimate of drug-likeness (QED) is 0.791. The lowest BCUT2D eigenvalue weighted by molar-refractivity contribution is 0.503. The van der Waals surface area contributed by atoms with Gasteiger partial charge < -0.3 is 0 Å². The van der Waals surface area contributed by atoms with Crippen LogP contribution in [0.3, 0.4) is 0 Å². The van der Waals surface area contributed by atoms with Crippen molar-refractivity contribution in [1.82, 2.24) is 14.0 Å². The van der Waals surface area contributed by atoms with E-state index in [1.54, 1.807) is 0 Å². The number of benzene rings is 1. The first kappa shape index (κ1) is 14.4. The van der Waals surface area contributed by atoms with Crippen molar-refractivity contribution in [2.45, 2.75) is 20.8 Å². The first-order valence-corrected chi connectivity index (χ1v) is 9.27. The van der Waals surface area contributed by atoms with Crippen molar-refractivity contribution in [1.29, 1.82) is 0 Å². The van der Waals surface area contributed by atoms with Gasteiger partial charge in [0.2, 0.25) is 0 Å². The van der Waals surface area contributed by atoms with Crippen LogP contribution in [0.5, 0.6) is 0 Å². The van der Waals surface area contributed by atoms with Crippen molar-refractivity contribution >= 4 is 23.5 Å². The van der Waals surface area contributed by atoms with E-state index in [4.69, 9.17) is 11.8 Å². The second-order valence-electron chi connectivity index (χ2n) is 4.34. The highest BCUT2D eigenvalue weighted by atomic mass is 32.4. The Morgan fingerprint density at radius 1 is 1.21 bits per heavy atom. The molecular weight excluding hydrogens is 273 g/mol. The van der Waals surface area contributed by atoms with Gasteiger partial charge in [0, 0.05) is 30.8 Å². The van der Waals surface area contributed by atoms with Gasteiger partial charge in [-0.1, -0.05) is 56.0 Å². The monoisotopic (exact) mass is 293 g/mol. The van der Waals surface area contributed by atoms with E-state index in [1.165, 1.54) is 5.30 Å². The average molecular weight is 293 g/mol. The zero-order valence-electron chi connectivity index (χ0n) is 11.7. The summed E-state index contributed by atoms with van der Waals surface area (Å²) >= 11 is 6.16. The molecule has 1 atom stereocenters. The highest BCUT2D eigenvalue weighted by Crippen LogP contribution is 2.50. The van der Waals surface area contributed by atoms with Gasteiger partial charge in [0.15, 0.2) is 0 Å². The van der Waals surface area contributed by atoms with Crippen molar-refractivity contribution in [2.75, 3.05) is 13.1 Å². The SMILES string of the molecule is CCN(CC)P(=S)(c1ccccc1)n1ccnc1C. The lowest BCUT2D eigenvalue weighted by Gasteiger charge is -2.35. The molecule has 2 rings (SSSR count). The van der Waals surface area contributed by atoms with Crippen LogP contribution in [0.15, 0.2) is 42.7 Å². The Labute approximate surface area is 120 Å². The van der Waals surface area contributed by atoms with Crippen LogP contribution in [0.25, 0.3) is 0 Å². The average Bonchev–Trinajstić information content (AvgIpc) is 2.87. The largest absolute Gasteiger partial charge is 0.291 e. The van der Waals surface area contributed by atoms with Crippen LogP contribution in [0.1, 0.15) is 19.7 Å². The fraction of sp³-hybridized carbons (Fsp3) is 0.357. The first-order valence-electron chi connectivity index (χ1n) is 6.56. The third-order valence-electron chi connectivity index (χ3n) is 3.30. The summed E-state index contributed by atoms with van der Waals surface area (Å²) in [5.41, 5.74) is 0. The van der Waals surface area contributed by atoms with E-state index in [-0.39, 0.29) is 0 Å². The minimum absolute atomic E-state index is 0.945. The third-order valence-corrected chi connectivity index (χ3v) is 8.46. The molecule has 0 bridgehead atoms. The molecule has 0 radical (unpaired) electrons. The molecule has 3 nitrogen and oxygen atoms in total. The van der Waals surface area contributed by atoms with E-state index < -0.39 is 6.34 Å². The molecule has 0 aliphatic heterocycles. The maximum atomic E-state index is 6.16. The Balaban J connectivity index is 2.64. The Morgan fingerprint density at radius 3 is 2.32 bits per heavy atom. The van der Waals surface area contributed by atoms with Crippen LogP contribution in [0.2, 0.25) is 0 Å². The molecule has 19 heavy (non-hydrogen) atoms. The fourth-order valence-corrected chi connectivity index (χ4v) is 6.75. The number of hydrogen-bond acceptors (Lipinski definition) is 2. The van der Waals surface area contributed by atoms with E-state index in [0.29, 0.717) is 0 Å². The minimum atomic E-state index is -2.00. The van der Waals surface area contributed by atoms with E-state index in [1.807, 2.05) is 25.4 Å². The smallest absolute Gasteiger partial charge is 0.135 e. The van der Waals surface area contributed by atoms with Gasteiger partial charge in [0.25, 0.3) is 0 Å². The van der Waals surface area contributed by atoms with Crippen LogP contribution in [-0.4, -0.2) is 27.1 Å². The molecule has 1 aromatic carbocycles. The van der Waals surface area contributed by atoms with E-state index >= 15 is 0 Å². The van der Waals surface area contributed by atoms with E-state index in [2.05, 4.69) is 52.1 Å². The molecule has 0 spiro atoms. The fourth-order valence-electron chi connectivity index (χ4n) is 2.31. The second-order valence-corrected chi connectivity index (χ2v) is 8.47. The zero-order chi connectivity index (χ0) is 13.9. The van der Waals surface area contributed by atoms with Gasteiger partial charge in [0.1, 0.15) is 12.2 Å². The number of imidazole rings is 1. The summed E-state index contributed by atoms with van der Waals surface area (Å²) in [5, 5.41) is 1.22. The van der Waals surface area contributed by atoms with Crippen molar-refractivity contribution in [3.8, 4) is 0 Å². The van der Waals surface area contributed by atoms with Crippen LogP contribution < -0.4 is 5.30 Å². The van der Waals surface area contributed by atoms with Gasteiger partial charge in [-0.05, 0) is 6.92 Å². The van der Waals surface area contributed by atoms with Gasteiger partial charge in [-0.2, -0.15) is 0 Å². The van der Waals surface area contributed by atoms with Gasteiger partial charge >= 0.3 is 0 Å². The normalized spacial score (nSPS) is 14.5. The maximum absolute atomic E-state index is 6.16. The molecule has 0 fully saturated rings. The number of aryl methyl sites for hydroxylation is 1. The molecule has 0 N–H and O–H groups in total. The summed E-state index contributed by atoms with van der Waals surface area (Å²) in [4.78, 5) is 4.36. The minimum Gasteiger partial charge on any atom is -0.291 e. The molecule has 1 aromatic heterocycles. The molecule has 5 heteroatoms. The predicted octanol–water partition coefficient (Wildman–Crippen LogP) is 3.02. The molecule has 102 valence electrons. The maximum Gasteiger partial charge on any atom is 0.135 e. The van der Waals surface area contributed by atoms with Crippen LogP contribution in [0.4, 0.5) is 0 Å². The molecular formula is C14H20N3PS. The first-order chi connectivity index (χ1) is 9.14. The molecule has 0 aliphatic rings. The molecule has 2 aromatic rings. The highest BCUT2D eigenvalue weighted by molar-refractivity contribution is 8.16. The zero-order valence-corrected chi connectivity index (χ0v) is 13.4. The Hall–Kier alpha value is -0.960. The van der Waals surface area contributed by atoms with Crippen molar-refractivity contribution < 1.29 is 0 Å². The summed E-state index contributed by atoms with van der Waals surface area (Å²) in [6, 6.07) is 10.4. The van der Waals surface area contributed by atoms with E-state index in [0.717, 1.165) is 18.9 Å². The molecule has 1 heterocycles. The van der Waals surface area contributed by atoms with Gasteiger partial charge in [0.05, 0.1) is 0 Å². The van der Waals surface area contributed by atoms with Crippen molar-refractivity contribution in [3.63, 3.8) is 0 Å². The van der Waals surface area contributed by atoms with Gasteiger partial charge in [-0.25, -0.2) is 4.98 Å². The third kappa shape index (κ3) is 2.53. The van der Waals surface area contributed by atoms with Crippen LogP contribution in [0, 0.1) is 6.92 Å². The molecule has 1 unspecified atom stereocenters. The standard InChI is InChI=1S/C14H20N3PS/c1-4-16(5-2)18(19,14-9-7-6-8-10-14)17-12-11-15-13(17)3/h6-12H,4-5H2,1-3H3. The number of nitrogens with zero attached hydrogens (tertiary/aromatic N) is 3. The summed E-state index contributed by atoms with van der Waals surface area (Å²) in [6.07, 6.45) is 1.85. The lowest BCUT2D eigenvalue weighted by Crippen LogP contribution is -2.29. The second kappa shape index (κ2) is 6.00. The summed E-state index contributed by atoms with van der Waals surface area (Å²) in [7, 11) is 0. The molecule has 0 aliphatic carbocycles. The van der Waals surface area contributed by atoms with Crippen LogP contribution >= 0.6 is 6.34 Å². The van der Waals surface area contributed by atoms with Crippen molar-refractivity contribution in [2.24, 2.45) is 0 Å². The number of rotatable bonds is 5. The Morgan fingerprint density at radius 2 is 1.84 bits per heavy atom. The number of aromatic nitrogens is 2. The Kier molecular flexibility index (Phi) is 4.56. The number of hydrogen-bond donors (Lipinski definition) is 0. The van der Waals surface area contributed by atoms with Gasteiger partial charge in [-0.3, -0.25) is 9.01 Å².